The van der Waals surface area contributed by atoms with Crippen LogP contribution in [-0.4, -0.2) is 25.4 Å². The number of hydrogen-bond acceptors (Lipinski definition) is 4. The Hall–Kier alpha value is -2.21. The molecule has 3 aromatic rings. The Morgan fingerprint density at radius 2 is 2.32 bits per heavy atom. The summed E-state index contributed by atoms with van der Waals surface area (Å²) in [7, 11) is 0. The molecule has 0 amide bonds. The fraction of sp³-hybridized carbons (Fsp3) is 0.154. The Labute approximate surface area is 113 Å². The van der Waals surface area contributed by atoms with Gasteiger partial charge in [0, 0.05) is 24.2 Å². The van der Waals surface area contributed by atoms with E-state index < -0.39 is 5.97 Å². The highest BCUT2D eigenvalue weighted by atomic mass is 32.1. The molecule has 5 nitrogen and oxygen atoms in total. The number of pyridine rings is 1. The molecule has 0 aliphatic rings. The van der Waals surface area contributed by atoms with Crippen molar-refractivity contribution >= 4 is 23.0 Å². The van der Waals surface area contributed by atoms with Crippen LogP contribution in [0.15, 0.2) is 36.0 Å². The molecule has 3 rings (SSSR count). The molecule has 6 heteroatoms. The van der Waals surface area contributed by atoms with Crippen molar-refractivity contribution in [1.29, 1.82) is 0 Å². The van der Waals surface area contributed by atoms with Gasteiger partial charge in [-0.15, -0.1) is 11.3 Å². The van der Waals surface area contributed by atoms with Crippen LogP contribution in [0.4, 0.5) is 0 Å². The lowest BCUT2D eigenvalue weighted by Crippen LogP contribution is -2.05. The summed E-state index contributed by atoms with van der Waals surface area (Å²) in [5.41, 5.74) is 2.27. The first-order valence-corrected chi connectivity index (χ1v) is 6.67. The predicted molar refractivity (Wildman–Crippen MR) is 71.5 cm³/mol. The third-order valence-electron chi connectivity index (χ3n) is 2.83. The lowest BCUT2D eigenvalue weighted by atomic mass is 10.2. The lowest BCUT2D eigenvalue weighted by Gasteiger charge is -2.01. The number of carbonyl (C=O) groups is 1. The quantitative estimate of drug-likeness (QED) is 0.789. The minimum absolute atomic E-state index is 0.0671. The number of aliphatic carboxylic acids is 1. The summed E-state index contributed by atoms with van der Waals surface area (Å²) in [6.45, 7) is 0. The van der Waals surface area contributed by atoms with Crippen molar-refractivity contribution in [2.45, 2.75) is 12.8 Å². The van der Waals surface area contributed by atoms with Gasteiger partial charge in [0.25, 0.3) is 0 Å². The van der Waals surface area contributed by atoms with Crippen molar-refractivity contribution in [3.8, 4) is 0 Å². The molecule has 0 saturated carbocycles. The summed E-state index contributed by atoms with van der Waals surface area (Å²) < 4.78 is 1.93. The number of carboxylic acids is 1. The molecule has 0 radical (unpaired) electrons. The van der Waals surface area contributed by atoms with Crippen LogP contribution in [0.3, 0.4) is 0 Å². The highest BCUT2D eigenvalue weighted by Crippen LogP contribution is 2.18. The zero-order valence-electron chi connectivity index (χ0n) is 9.98. The number of hydrogen-bond donors (Lipinski definition) is 1. The van der Waals surface area contributed by atoms with E-state index in [4.69, 9.17) is 5.11 Å². The predicted octanol–water partition coefficient (Wildman–Crippen LogP) is 2.01. The standard InChI is InChI=1S/C13H11N3O2S/c17-13(18)7-9-10(8-12-14-4-6-19-12)16-5-2-1-3-11(16)15-9/h1-6H,7-8H2,(H,17,18). The summed E-state index contributed by atoms with van der Waals surface area (Å²) in [5, 5.41) is 11.8. The molecule has 96 valence electrons. The van der Waals surface area contributed by atoms with Gasteiger partial charge in [-0.25, -0.2) is 9.97 Å². The van der Waals surface area contributed by atoms with Crippen molar-refractivity contribution in [2.24, 2.45) is 0 Å². The van der Waals surface area contributed by atoms with E-state index in [1.165, 1.54) is 0 Å². The topological polar surface area (TPSA) is 67.5 Å². The van der Waals surface area contributed by atoms with Crippen LogP contribution in [0.25, 0.3) is 5.65 Å². The number of rotatable bonds is 4. The van der Waals surface area contributed by atoms with Crippen molar-refractivity contribution in [3.05, 3.63) is 52.4 Å². The summed E-state index contributed by atoms with van der Waals surface area (Å²) in [5.74, 6) is -0.871. The first-order chi connectivity index (χ1) is 9.24. The minimum atomic E-state index is -0.871. The normalized spacial score (nSPS) is 10.9. The molecular weight excluding hydrogens is 262 g/mol. The Balaban J connectivity index is 2.10. The summed E-state index contributed by atoms with van der Waals surface area (Å²) >= 11 is 1.56. The van der Waals surface area contributed by atoms with Crippen molar-refractivity contribution in [2.75, 3.05) is 0 Å². The van der Waals surface area contributed by atoms with Crippen LogP contribution in [-0.2, 0) is 17.6 Å². The van der Waals surface area contributed by atoms with Gasteiger partial charge in [0.1, 0.15) is 5.65 Å². The molecule has 0 bridgehead atoms. The van der Waals surface area contributed by atoms with E-state index in [0.29, 0.717) is 12.1 Å². The number of imidazole rings is 1. The van der Waals surface area contributed by atoms with E-state index in [9.17, 15) is 4.79 Å². The van der Waals surface area contributed by atoms with Crippen LogP contribution in [0, 0.1) is 0 Å². The molecular formula is C13H11N3O2S. The average molecular weight is 273 g/mol. The van der Waals surface area contributed by atoms with Gasteiger partial charge >= 0.3 is 5.97 Å². The number of carboxylic acid groups (broad SMARTS) is 1. The van der Waals surface area contributed by atoms with Gasteiger partial charge in [0.15, 0.2) is 0 Å². The highest BCUT2D eigenvalue weighted by molar-refractivity contribution is 7.09. The van der Waals surface area contributed by atoms with Gasteiger partial charge in [0.05, 0.1) is 22.8 Å². The SMILES string of the molecule is O=C(O)Cc1nc2ccccn2c1Cc1nccs1. The number of nitrogens with zero attached hydrogens (tertiary/aromatic N) is 3. The maximum atomic E-state index is 10.9. The van der Waals surface area contributed by atoms with Crippen molar-refractivity contribution in [3.63, 3.8) is 0 Å². The molecule has 0 spiro atoms. The third-order valence-corrected chi connectivity index (χ3v) is 3.61. The van der Waals surface area contributed by atoms with Crippen LogP contribution in [0.2, 0.25) is 0 Å². The fourth-order valence-electron chi connectivity index (χ4n) is 2.05. The molecule has 0 saturated heterocycles. The highest BCUT2D eigenvalue weighted by Gasteiger charge is 2.15. The zero-order chi connectivity index (χ0) is 13.2. The molecule has 0 atom stereocenters. The van der Waals surface area contributed by atoms with Crippen LogP contribution >= 0.6 is 11.3 Å². The fourth-order valence-corrected chi connectivity index (χ4v) is 2.67. The van der Waals surface area contributed by atoms with Crippen LogP contribution < -0.4 is 0 Å². The number of aromatic nitrogens is 3. The second-order valence-corrected chi connectivity index (χ2v) is 5.09. The Morgan fingerprint density at radius 1 is 1.42 bits per heavy atom. The van der Waals surface area contributed by atoms with E-state index in [-0.39, 0.29) is 6.42 Å². The maximum Gasteiger partial charge on any atom is 0.309 e. The molecule has 1 N–H and O–H groups in total. The van der Waals surface area contributed by atoms with Gasteiger partial charge < -0.3 is 9.51 Å². The van der Waals surface area contributed by atoms with Crippen molar-refractivity contribution in [1.82, 2.24) is 14.4 Å². The molecule has 0 aromatic carbocycles. The molecule has 0 aliphatic carbocycles. The summed E-state index contributed by atoms with van der Waals surface area (Å²) in [6.07, 6.45) is 4.19. The lowest BCUT2D eigenvalue weighted by molar-refractivity contribution is -0.136. The van der Waals surface area contributed by atoms with E-state index in [2.05, 4.69) is 9.97 Å². The molecule has 0 unspecified atom stereocenters. The van der Waals surface area contributed by atoms with Crippen LogP contribution in [0.1, 0.15) is 16.4 Å². The van der Waals surface area contributed by atoms with Gasteiger partial charge in [0.2, 0.25) is 0 Å². The third kappa shape index (κ3) is 2.34. The monoisotopic (exact) mass is 273 g/mol. The van der Waals surface area contributed by atoms with E-state index in [0.717, 1.165) is 16.3 Å². The molecule has 0 aliphatic heterocycles. The van der Waals surface area contributed by atoms with Gasteiger partial charge in [-0.2, -0.15) is 0 Å². The first kappa shape index (κ1) is 11.9. The van der Waals surface area contributed by atoms with Gasteiger partial charge in [-0.1, -0.05) is 6.07 Å². The molecule has 3 heterocycles. The summed E-state index contributed by atoms with van der Waals surface area (Å²) in [6, 6.07) is 5.67. The number of fused-ring (bicyclic) bond motifs is 1. The Kier molecular flexibility index (Phi) is 3.00. The smallest absolute Gasteiger partial charge is 0.309 e. The average Bonchev–Trinajstić information content (AvgIpc) is 2.99. The van der Waals surface area contributed by atoms with E-state index >= 15 is 0 Å². The number of thiazole rings is 1. The zero-order valence-corrected chi connectivity index (χ0v) is 10.8. The largest absolute Gasteiger partial charge is 0.481 e. The summed E-state index contributed by atoms with van der Waals surface area (Å²) in [4.78, 5) is 19.6. The van der Waals surface area contributed by atoms with E-state index in [1.54, 1.807) is 17.5 Å². The van der Waals surface area contributed by atoms with E-state index in [1.807, 2.05) is 34.2 Å². The second kappa shape index (κ2) is 4.81. The molecule has 3 aromatic heterocycles. The molecule has 0 fully saturated rings. The first-order valence-electron chi connectivity index (χ1n) is 5.79. The Bertz CT molecular complexity index is 719. The second-order valence-electron chi connectivity index (χ2n) is 4.11. The molecule has 19 heavy (non-hydrogen) atoms. The maximum absolute atomic E-state index is 10.9. The van der Waals surface area contributed by atoms with Crippen molar-refractivity contribution < 1.29 is 9.90 Å². The Morgan fingerprint density at radius 3 is 3.05 bits per heavy atom. The van der Waals surface area contributed by atoms with Gasteiger partial charge in [-0.3, -0.25) is 4.79 Å². The van der Waals surface area contributed by atoms with Crippen LogP contribution in [0.5, 0.6) is 0 Å². The van der Waals surface area contributed by atoms with Gasteiger partial charge in [-0.05, 0) is 12.1 Å². The minimum Gasteiger partial charge on any atom is -0.481 e.